The van der Waals surface area contributed by atoms with Gasteiger partial charge in [-0.3, -0.25) is 10.1 Å². The van der Waals surface area contributed by atoms with Gasteiger partial charge in [0.15, 0.2) is 5.76 Å². The Labute approximate surface area is 201 Å². The third-order valence-electron chi connectivity index (χ3n) is 5.91. The number of carbonyl (C=O) groups is 1. The predicted molar refractivity (Wildman–Crippen MR) is 133 cm³/mol. The highest BCUT2D eigenvalue weighted by Gasteiger charge is 2.19. The Kier molecular flexibility index (Phi) is 6.32. The fourth-order valence-corrected chi connectivity index (χ4v) is 4.09. The summed E-state index contributed by atoms with van der Waals surface area (Å²) >= 11 is 0. The second kappa shape index (κ2) is 9.86. The van der Waals surface area contributed by atoms with Crippen LogP contribution in [0.2, 0.25) is 0 Å². The number of aliphatic hydroxyl groups excluding tert-OH is 2. The lowest BCUT2D eigenvalue weighted by Crippen LogP contribution is -2.35. The first-order valence-electron chi connectivity index (χ1n) is 11.4. The number of pyridine rings is 1. The lowest BCUT2D eigenvalue weighted by atomic mass is 10.0. The van der Waals surface area contributed by atoms with Gasteiger partial charge in [-0.25, -0.2) is 9.97 Å². The van der Waals surface area contributed by atoms with Crippen LogP contribution in [0.3, 0.4) is 0 Å². The number of allylic oxidation sites excluding steroid dienone is 2. The van der Waals surface area contributed by atoms with Crippen molar-refractivity contribution < 1.29 is 19.5 Å². The summed E-state index contributed by atoms with van der Waals surface area (Å²) in [6.45, 7) is 1.66. The zero-order valence-corrected chi connectivity index (χ0v) is 18.9. The number of nitrogens with zero attached hydrogens (tertiary/aromatic N) is 4. The van der Waals surface area contributed by atoms with Gasteiger partial charge in [-0.05, 0) is 49.2 Å². The average molecular weight is 472 g/mol. The van der Waals surface area contributed by atoms with E-state index in [1.54, 1.807) is 16.8 Å². The largest absolute Gasteiger partial charge is 0.516 e. The summed E-state index contributed by atoms with van der Waals surface area (Å²) in [5, 5.41) is 21.0. The number of piperidine rings is 1. The van der Waals surface area contributed by atoms with Crippen molar-refractivity contribution in [3.63, 3.8) is 0 Å². The molecule has 1 fully saturated rings. The minimum absolute atomic E-state index is 0.181. The van der Waals surface area contributed by atoms with Gasteiger partial charge in [0.05, 0.1) is 18.1 Å². The number of amides is 1. The molecule has 0 bridgehead atoms. The third kappa shape index (κ3) is 4.95. The lowest BCUT2D eigenvalue weighted by Gasteiger charge is -2.31. The van der Waals surface area contributed by atoms with Gasteiger partial charge in [-0.1, -0.05) is 18.2 Å². The number of fused-ring (bicyclic) bond motifs is 1. The maximum atomic E-state index is 12.0. The highest BCUT2D eigenvalue weighted by atomic mass is 16.5. The van der Waals surface area contributed by atoms with Crippen LogP contribution in [0, 0.1) is 0 Å². The normalized spacial score (nSPS) is 14.9. The number of hydrogen-bond acceptors (Lipinski definition) is 7. The summed E-state index contributed by atoms with van der Waals surface area (Å²) in [4.78, 5) is 22.8. The van der Waals surface area contributed by atoms with Crippen LogP contribution in [0.5, 0.6) is 0 Å². The van der Waals surface area contributed by atoms with E-state index in [-0.39, 0.29) is 12.1 Å². The topological polar surface area (TPSA) is 116 Å². The quantitative estimate of drug-likeness (QED) is 0.219. The van der Waals surface area contributed by atoms with E-state index in [0.717, 1.165) is 60.3 Å². The molecule has 0 radical (unpaired) electrons. The molecule has 0 atom stereocenters. The summed E-state index contributed by atoms with van der Waals surface area (Å²) in [5.41, 5.74) is 4.52. The van der Waals surface area contributed by atoms with Crippen LogP contribution >= 0.6 is 0 Å². The van der Waals surface area contributed by atoms with E-state index in [4.69, 9.17) is 9.63 Å². The average Bonchev–Trinajstić information content (AvgIpc) is 2.86. The van der Waals surface area contributed by atoms with Gasteiger partial charge < -0.3 is 19.6 Å². The molecule has 4 aromatic rings. The van der Waals surface area contributed by atoms with Crippen molar-refractivity contribution in [1.82, 2.24) is 14.5 Å². The van der Waals surface area contributed by atoms with Crippen molar-refractivity contribution in [1.29, 1.82) is 0 Å². The first-order valence-corrected chi connectivity index (χ1v) is 11.4. The van der Waals surface area contributed by atoms with E-state index < -0.39 is 5.91 Å². The van der Waals surface area contributed by atoms with Crippen molar-refractivity contribution >= 4 is 23.1 Å². The third-order valence-corrected chi connectivity index (χ3v) is 5.91. The Hall–Kier alpha value is -4.37. The van der Waals surface area contributed by atoms with Gasteiger partial charge in [0.1, 0.15) is 5.52 Å². The monoisotopic (exact) mass is 471 g/mol. The summed E-state index contributed by atoms with van der Waals surface area (Å²) < 4.78 is 7.60. The smallest absolute Gasteiger partial charge is 0.250 e. The molecule has 0 unspecified atom stereocenters. The molecule has 4 heterocycles. The van der Waals surface area contributed by atoms with Gasteiger partial charge in [0, 0.05) is 48.4 Å². The van der Waals surface area contributed by atoms with Crippen molar-refractivity contribution in [2.75, 3.05) is 23.3 Å². The van der Waals surface area contributed by atoms with Crippen LogP contribution in [0.1, 0.15) is 12.8 Å². The molecule has 9 nitrogen and oxygen atoms in total. The number of benzene rings is 1. The predicted octanol–water partition coefficient (Wildman–Crippen LogP) is 4.18. The van der Waals surface area contributed by atoms with Crippen molar-refractivity contribution in [3.05, 3.63) is 79.3 Å². The van der Waals surface area contributed by atoms with Crippen molar-refractivity contribution in [2.24, 2.45) is 0 Å². The maximum Gasteiger partial charge on any atom is 0.250 e. The molecule has 3 N–H and O–H groups in total. The summed E-state index contributed by atoms with van der Waals surface area (Å²) in [6.07, 6.45) is 9.60. The van der Waals surface area contributed by atoms with E-state index in [0.29, 0.717) is 5.69 Å². The highest BCUT2D eigenvalue weighted by molar-refractivity contribution is 5.98. The minimum atomic E-state index is -0.403. The molecule has 0 spiro atoms. The van der Waals surface area contributed by atoms with Gasteiger partial charge in [0.2, 0.25) is 5.95 Å². The number of rotatable bonds is 6. The number of hydrogen-bond donors (Lipinski definition) is 3. The highest BCUT2D eigenvalue weighted by Crippen LogP contribution is 2.33. The Morgan fingerprint density at radius 3 is 2.80 bits per heavy atom. The number of aliphatic hydroxyl groups is 2. The Bertz CT molecular complexity index is 1400. The van der Waals surface area contributed by atoms with Crippen LogP contribution < -0.4 is 10.2 Å². The SMILES string of the molecule is O=C(/C=C/C=C\O)Nc1nccc(-c2ccn3oc(-c4cccc(N5CCC(O)CC5)c4)c3c2)n1. The number of aromatic nitrogens is 3. The second-order valence-corrected chi connectivity index (χ2v) is 8.27. The van der Waals surface area contributed by atoms with Crippen LogP contribution in [0.4, 0.5) is 11.6 Å². The maximum absolute atomic E-state index is 12.0. The number of anilines is 2. The summed E-state index contributed by atoms with van der Waals surface area (Å²) in [6, 6.07) is 13.9. The van der Waals surface area contributed by atoms with Gasteiger partial charge in [-0.15, -0.1) is 0 Å². The van der Waals surface area contributed by atoms with Crippen LogP contribution in [0.25, 0.3) is 28.1 Å². The van der Waals surface area contributed by atoms with E-state index in [1.807, 2.05) is 30.5 Å². The van der Waals surface area contributed by atoms with Crippen LogP contribution in [0.15, 0.2) is 83.9 Å². The molecular formula is C26H25N5O4. The van der Waals surface area contributed by atoms with Gasteiger partial charge in [0.25, 0.3) is 5.91 Å². The fraction of sp³-hybridized carbons (Fsp3) is 0.192. The molecule has 35 heavy (non-hydrogen) atoms. The minimum Gasteiger partial charge on any atom is -0.516 e. The Balaban J connectivity index is 1.38. The molecule has 1 saturated heterocycles. The summed E-state index contributed by atoms with van der Waals surface area (Å²) in [7, 11) is 0. The van der Waals surface area contributed by atoms with Crippen molar-refractivity contribution in [2.45, 2.75) is 18.9 Å². The fourth-order valence-electron chi connectivity index (χ4n) is 4.09. The molecule has 5 rings (SSSR count). The number of carbonyl (C=O) groups excluding carboxylic acids is 1. The molecule has 1 aliphatic rings. The van der Waals surface area contributed by atoms with E-state index in [1.165, 1.54) is 18.2 Å². The standard InChI is InChI=1S/C26H25N5O4/c32-15-2-1-6-24(34)29-26-27-11-7-22(28-26)18-8-14-31-23(17-18)25(35-31)19-4-3-5-20(16-19)30-12-9-21(33)10-13-30/h1-8,11,14-17,21,32-33H,9-10,12-13H2,(H,27,28,29,34)/b6-1+,15-2-. The molecule has 3 aromatic heterocycles. The van der Waals surface area contributed by atoms with Gasteiger partial charge in [-0.2, -0.15) is 4.57 Å². The lowest BCUT2D eigenvalue weighted by molar-refractivity contribution is -0.111. The number of nitrogens with one attached hydrogen (secondary N) is 1. The van der Waals surface area contributed by atoms with Gasteiger partial charge >= 0.3 is 0 Å². The molecule has 0 saturated carbocycles. The van der Waals surface area contributed by atoms with E-state index in [2.05, 4.69) is 32.3 Å². The molecule has 1 aliphatic heterocycles. The van der Waals surface area contributed by atoms with Crippen LogP contribution in [-0.2, 0) is 4.79 Å². The Morgan fingerprint density at radius 1 is 1.11 bits per heavy atom. The first-order chi connectivity index (χ1) is 17.1. The van der Waals surface area contributed by atoms with E-state index >= 15 is 0 Å². The van der Waals surface area contributed by atoms with Crippen molar-refractivity contribution in [3.8, 4) is 22.6 Å². The molecule has 1 amide bonds. The molecule has 9 heteroatoms. The molecule has 0 aliphatic carbocycles. The van der Waals surface area contributed by atoms with Crippen LogP contribution in [-0.4, -0.2) is 49.9 Å². The molecular weight excluding hydrogens is 446 g/mol. The first kappa shape index (κ1) is 22.4. The second-order valence-electron chi connectivity index (χ2n) is 8.27. The summed E-state index contributed by atoms with van der Waals surface area (Å²) in [5.74, 6) is 0.552. The molecule has 178 valence electrons. The molecule has 1 aromatic carbocycles. The zero-order valence-electron chi connectivity index (χ0n) is 18.9. The Morgan fingerprint density at radius 2 is 1.97 bits per heavy atom. The van der Waals surface area contributed by atoms with E-state index in [9.17, 15) is 9.90 Å². The zero-order chi connectivity index (χ0) is 24.2.